The molecule has 0 aliphatic carbocycles. The van der Waals surface area contributed by atoms with Crippen molar-refractivity contribution in [3.63, 3.8) is 0 Å². The van der Waals surface area contributed by atoms with Gasteiger partial charge >= 0.3 is 5.97 Å². The van der Waals surface area contributed by atoms with Gasteiger partial charge in [-0.3, -0.25) is 0 Å². The standard InChI is InChI=1S/C9H12O2S/c1-3-5-6-8(12)9(10)11-7-4-2/h3-4,6,12H,1-2,5,7H2. The SMILES string of the molecule is C=CCC=C(S)C(=O)OCC=C. The van der Waals surface area contributed by atoms with Crippen LogP contribution in [0.5, 0.6) is 0 Å². The lowest BCUT2D eigenvalue weighted by Crippen LogP contribution is -2.03. The monoisotopic (exact) mass is 184 g/mol. The second kappa shape index (κ2) is 6.73. The van der Waals surface area contributed by atoms with Gasteiger partial charge in [0, 0.05) is 0 Å². The number of hydrogen-bond acceptors (Lipinski definition) is 3. The summed E-state index contributed by atoms with van der Waals surface area (Å²) in [6.45, 7) is 7.14. The molecule has 0 aliphatic rings. The predicted octanol–water partition coefficient (Wildman–Crippen LogP) is 2.11. The second-order valence-electron chi connectivity index (χ2n) is 2.00. The van der Waals surface area contributed by atoms with E-state index in [1.54, 1.807) is 12.2 Å². The first-order valence-corrected chi connectivity index (χ1v) is 3.95. The Morgan fingerprint density at radius 2 is 2.08 bits per heavy atom. The van der Waals surface area contributed by atoms with Crippen molar-refractivity contribution in [1.29, 1.82) is 0 Å². The Labute approximate surface area is 78.0 Å². The van der Waals surface area contributed by atoms with Crippen molar-refractivity contribution in [3.8, 4) is 0 Å². The van der Waals surface area contributed by atoms with E-state index in [1.807, 2.05) is 0 Å². The number of ether oxygens (including phenoxy) is 1. The van der Waals surface area contributed by atoms with E-state index < -0.39 is 5.97 Å². The maximum Gasteiger partial charge on any atom is 0.344 e. The molecule has 0 spiro atoms. The molecule has 0 saturated carbocycles. The van der Waals surface area contributed by atoms with E-state index in [4.69, 9.17) is 4.74 Å². The van der Waals surface area contributed by atoms with E-state index in [1.165, 1.54) is 6.08 Å². The van der Waals surface area contributed by atoms with E-state index in [2.05, 4.69) is 25.8 Å². The topological polar surface area (TPSA) is 26.3 Å². The Kier molecular flexibility index (Phi) is 6.19. The molecule has 0 atom stereocenters. The Hall–Kier alpha value is -0.960. The molecule has 0 unspecified atom stereocenters. The third-order valence-corrected chi connectivity index (χ3v) is 1.38. The molecule has 0 aromatic rings. The van der Waals surface area contributed by atoms with E-state index in [0.29, 0.717) is 11.3 Å². The van der Waals surface area contributed by atoms with Crippen LogP contribution in [0, 0.1) is 0 Å². The lowest BCUT2D eigenvalue weighted by Gasteiger charge is -1.99. The van der Waals surface area contributed by atoms with Crippen molar-refractivity contribution in [2.24, 2.45) is 0 Å². The number of allylic oxidation sites excluding steroid dienone is 2. The third-order valence-electron chi connectivity index (χ3n) is 1.02. The van der Waals surface area contributed by atoms with Crippen LogP contribution in [-0.4, -0.2) is 12.6 Å². The van der Waals surface area contributed by atoms with Gasteiger partial charge in [0.1, 0.15) is 6.61 Å². The molecule has 0 aliphatic heterocycles. The van der Waals surface area contributed by atoms with Crippen molar-refractivity contribution in [3.05, 3.63) is 36.3 Å². The zero-order chi connectivity index (χ0) is 9.40. The number of thiol groups is 1. The molecular formula is C9H12O2S. The molecular weight excluding hydrogens is 172 g/mol. The van der Waals surface area contributed by atoms with Crippen molar-refractivity contribution in [1.82, 2.24) is 0 Å². The second-order valence-corrected chi connectivity index (χ2v) is 2.48. The summed E-state index contributed by atoms with van der Waals surface area (Å²) >= 11 is 3.94. The predicted molar refractivity (Wildman–Crippen MR) is 53.0 cm³/mol. The fourth-order valence-electron chi connectivity index (χ4n) is 0.487. The largest absolute Gasteiger partial charge is 0.458 e. The molecule has 12 heavy (non-hydrogen) atoms. The average Bonchev–Trinajstić information content (AvgIpc) is 2.10. The summed E-state index contributed by atoms with van der Waals surface area (Å²) in [5.74, 6) is -0.430. The normalized spacial score (nSPS) is 10.6. The molecule has 66 valence electrons. The highest BCUT2D eigenvalue weighted by Gasteiger charge is 2.03. The van der Waals surface area contributed by atoms with Crippen LogP contribution in [0.4, 0.5) is 0 Å². The van der Waals surface area contributed by atoms with Crippen LogP contribution in [0.3, 0.4) is 0 Å². The van der Waals surface area contributed by atoms with Crippen molar-refractivity contribution in [2.45, 2.75) is 6.42 Å². The molecule has 3 heteroatoms. The summed E-state index contributed by atoms with van der Waals surface area (Å²) in [6, 6.07) is 0. The van der Waals surface area contributed by atoms with Gasteiger partial charge in [-0.15, -0.1) is 19.2 Å². The van der Waals surface area contributed by atoms with Gasteiger partial charge < -0.3 is 4.74 Å². The molecule has 0 N–H and O–H groups in total. The van der Waals surface area contributed by atoms with Gasteiger partial charge in [-0.1, -0.05) is 24.8 Å². The first kappa shape index (κ1) is 11.0. The smallest absolute Gasteiger partial charge is 0.344 e. The van der Waals surface area contributed by atoms with E-state index in [9.17, 15) is 4.79 Å². The van der Waals surface area contributed by atoms with Crippen LogP contribution in [0.15, 0.2) is 36.3 Å². The Balaban J connectivity index is 3.90. The van der Waals surface area contributed by atoms with Gasteiger partial charge in [-0.05, 0) is 6.42 Å². The van der Waals surface area contributed by atoms with Gasteiger partial charge in [0.15, 0.2) is 0 Å². The molecule has 2 nitrogen and oxygen atoms in total. The minimum atomic E-state index is -0.430. The first-order valence-electron chi connectivity index (χ1n) is 3.50. The first-order chi connectivity index (χ1) is 5.72. The third kappa shape index (κ3) is 4.79. The van der Waals surface area contributed by atoms with Gasteiger partial charge in [-0.2, -0.15) is 0 Å². The van der Waals surface area contributed by atoms with Gasteiger partial charge in [0.25, 0.3) is 0 Å². The highest BCUT2D eigenvalue weighted by atomic mass is 32.1. The molecule has 0 aromatic heterocycles. The van der Waals surface area contributed by atoms with Crippen molar-refractivity contribution < 1.29 is 9.53 Å². The van der Waals surface area contributed by atoms with Crippen LogP contribution in [0.1, 0.15) is 6.42 Å². The van der Waals surface area contributed by atoms with Gasteiger partial charge in [0.05, 0.1) is 4.91 Å². The number of carbonyl (C=O) groups is 1. The number of esters is 1. The fraction of sp³-hybridized carbons (Fsp3) is 0.222. The minimum absolute atomic E-state index is 0.213. The van der Waals surface area contributed by atoms with Gasteiger partial charge in [0.2, 0.25) is 0 Å². The summed E-state index contributed by atoms with van der Waals surface area (Å²) in [5, 5.41) is 0. The quantitative estimate of drug-likeness (QED) is 0.306. The summed E-state index contributed by atoms with van der Waals surface area (Å²) in [5.41, 5.74) is 0. The van der Waals surface area contributed by atoms with E-state index in [-0.39, 0.29) is 6.61 Å². The van der Waals surface area contributed by atoms with Crippen LogP contribution >= 0.6 is 12.6 Å². The molecule has 0 amide bonds. The minimum Gasteiger partial charge on any atom is -0.458 e. The van der Waals surface area contributed by atoms with Gasteiger partial charge in [-0.25, -0.2) is 4.79 Å². The summed E-state index contributed by atoms with van der Waals surface area (Å²) < 4.78 is 4.71. The van der Waals surface area contributed by atoms with Crippen LogP contribution in [0.25, 0.3) is 0 Å². The van der Waals surface area contributed by atoms with E-state index >= 15 is 0 Å². The van der Waals surface area contributed by atoms with Crippen LogP contribution in [-0.2, 0) is 9.53 Å². The van der Waals surface area contributed by atoms with Crippen LogP contribution < -0.4 is 0 Å². The highest BCUT2D eigenvalue weighted by Crippen LogP contribution is 2.04. The van der Waals surface area contributed by atoms with E-state index in [0.717, 1.165) is 0 Å². The average molecular weight is 184 g/mol. The lowest BCUT2D eigenvalue weighted by molar-refractivity contribution is -0.136. The Bertz CT molecular complexity index is 207. The van der Waals surface area contributed by atoms with Crippen LogP contribution in [0.2, 0.25) is 0 Å². The fourth-order valence-corrected chi connectivity index (χ4v) is 0.657. The lowest BCUT2D eigenvalue weighted by atomic mass is 10.4. The molecule has 0 bridgehead atoms. The Morgan fingerprint density at radius 1 is 1.42 bits per heavy atom. The zero-order valence-electron chi connectivity index (χ0n) is 6.82. The molecule has 0 saturated heterocycles. The van der Waals surface area contributed by atoms with Crippen molar-refractivity contribution in [2.75, 3.05) is 6.61 Å². The maximum atomic E-state index is 11.0. The number of rotatable bonds is 5. The Morgan fingerprint density at radius 3 is 2.58 bits per heavy atom. The highest BCUT2D eigenvalue weighted by molar-refractivity contribution is 7.85. The molecule has 0 rings (SSSR count). The number of hydrogen-bond donors (Lipinski definition) is 1. The van der Waals surface area contributed by atoms with Crippen molar-refractivity contribution >= 4 is 18.6 Å². The summed E-state index contributed by atoms with van der Waals surface area (Å²) in [4.78, 5) is 11.3. The molecule has 0 aromatic carbocycles. The summed E-state index contributed by atoms with van der Waals surface area (Å²) in [7, 11) is 0. The molecule has 0 fully saturated rings. The molecule has 0 radical (unpaired) electrons. The number of carbonyl (C=O) groups excluding carboxylic acids is 1. The summed E-state index contributed by atoms with van der Waals surface area (Å²) in [6.07, 6.45) is 5.44. The maximum absolute atomic E-state index is 11.0. The zero-order valence-corrected chi connectivity index (χ0v) is 7.72. The molecule has 0 heterocycles.